The van der Waals surface area contributed by atoms with Gasteiger partial charge in [-0.1, -0.05) is 18.2 Å². The highest BCUT2D eigenvalue weighted by atomic mass is 19.1. The number of rotatable bonds is 6. The summed E-state index contributed by atoms with van der Waals surface area (Å²) in [6.07, 6.45) is 3.45. The van der Waals surface area contributed by atoms with E-state index in [1.54, 1.807) is 6.07 Å². The van der Waals surface area contributed by atoms with Crippen LogP contribution in [-0.2, 0) is 11.2 Å². The lowest BCUT2D eigenvalue weighted by Crippen LogP contribution is -2.45. The molecule has 4 nitrogen and oxygen atoms in total. The van der Waals surface area contributed by atoms with E-state index in [2.05, 4.69) is 9.80 Å². The number of nitrogens with zero attached hydrogens (tertiary/aromatic N) is 3. The van der Waals surface area contributed by atoms with Crippen LogP contribution in [0.2, 0.25) is 0 Å². The maximum atomic E-state index is 14.2. The van der Waals surface area contributed by atoms with Gasteiger partial charge in [0.1, 0.15) is 11.6 Å². The van der Waals surface area contributed by atoms with Crippen molar-refractivity contribution in [2.24, 2.45) is 0 Å². The van der Waals surface area contributed by atoms with E-state index < -0.39 is 0 Å². The molecule has 1 saturated heterocycles. The highest BCUT2D eigenvalue weighted by Crippen LogP contribution is 2.48. The Morgan fingerprint density at radius 1 is 0.857 bits per heavy atom. The first-order chi connectivity index (χ1) is 17.1. The molecule has 0 N–H and O–H groups in total. The number of carbonyl (C=O) groups is 1. The van der Waals surface area contributed by atoms with Crippen molar-refractivity contribution < 1.29 is 13.6 Å². The van der Waals surface area contributed by atoms with Gasteiger partial charge in [-0.05, 0) is 85.5 Å². The van der Waals surface area contributed by atoms with E-state index in [9.17, 15) is 13.6 Å². The molecule has 35 heavy (non-hydrogen) atoms. The summed E-state index contributed by atoms with van der Waals surface area (Å²) in [5, 5.41) is 0. The third kappa shape index (κ3) is 4.10. The zero-order valence-electron chi connectivity index (χ0n) is 19.7. The van der Waals surface area contributed by atoms with E-state index in [0.29, 0.717) is 6.42 Å². The predicted octanol–water partition coefficient (Wildman–Crippen LogP) is 5.64. The molecule has 0 radical (unpaired) electrons. The van der Waals surface area contributed by atoms with Crippen molar-refractivity contribution in [1.82, 2.24) is 4.90 Å². The summed E-state index contributed by atoms with van der Waals surface area (Å²) in [5.74, 6) is -0.0575. The second kappa shape index (κ2) is 9.08. The molecule has 3 heterocycles. The number of halogens is 2. The Hall–Kier alpha value is -3.25. The molecule has 0 saturated carbocycles. The zero-order chi connectivity index (χ0) is 23.9. The van der Waals surface area contributed by atoms with Crippen molar-refractivity contribution >= 4 is 23.0 Å². The number of hydrogen-bond acceptors (Lipinski definition) is 3. The highest BCUT2D eigenvalue weighted by Gasteiger charge is 2.42. The van der Waals surface area contributed by atoms with E-state index in [-0.39, 0.29) is 29.5 Å². The third-order valence-electron chi connectivity index (χ3n) is 7.78. The maximum Gasteiger partial charge on any atom is 0.231 e. The van der Waals surface area contributed by atoms with Crippen molar-refractivity contribution in [2.45, 2.75) is 37.6 Å². The fourth-order valence-corrected chi connectivity index (χ4v) is 6.14. The van der Waals surface area contributed by atoms with E-state index in [1.807, 2.05) is 47.4 Å². The first-order valence-corrected chi connectivity index (χ1v) is 12.5. The molecule has 0 bridgehead atoms. The van der Waals surface area contributed by atoms with Gasteiger partial charge < -0.3 is 14.7 Å². The molecule has 2 atom stereocenters. The van der Waals surface area contributed by atoms with Crippen LogP contribution >= 0.6 is 0 Å². The second-order valence-corrected chi connectivity index (χ2v) is 9.87. The normalized spacial score (nSPS) is 21.3. The summed E-state index contributed by atoms with van der Waals surface area (Å²) in [6.45, 7) is 3.57. The molecule has 0 aliphatic carbocycles. The standard InChI is InChI=1S/C29H29F2N3O/c30-21-7-10-23(11-8-21)34-27-12-9-22(31)18-24(27)25-19-32(16-13-28(25)34)14-3-4-15-33-26-6-2-1-5-20(26)17-29(33)35/h1-2,5-12,18,25,28H,3-4,13-17,19H2/t25-,28+/m0/s1. The first kappa shape index (κ1) is 22.2. The van der Waals surface area contributed by atoms with E-state index >= 15 is 0 Å². The molecule has 6 rings (SSSR count). The number of fused-ring (bicyclic) bond motifs is 4. The third-order valence-corrected chi connectivity index (χ3v) is 7.78. The molecule has 3 aromatic carbocycles. The van der Waals surface area contributed by atoms with Crippen LogP contribution in [0.4, 0.5) is 25.8 Å². The van der Waals surface area contributed by atoms with Gasteiger partial charge in [0, 0.05) is 48.7 Å². The number of benzene rings is 3. The minimum atomic E-state index is -0.252. The molecule has 1 fully saturated rings. The summed E-state index contributed by atoms with van der Waals surface area (Å²) in [5.41, 5.74) is 5.21. The Bertz CT molecular complexity index is 1240. The Balaban J connectivity index is 1.11. The van der Waals surface area contributed by atoms with E-state index in [0.717, 1.165) is 73.6 Å². The minimum absolute atomic E-state index is 0.192. The SMILES string of the molecule is O=C1Cc2ccccc2N1CCCCN1CC[C@@H]2[C@@H](C1)c1cc(F)ccc1N2c1ccc(F)cc1. The number of unbranched alkanes of at least 4 members (excludes halogenated alkanes) is 1. The fraction of sp³-hybridized carbons (Fsp3) is 0.345. The highest BCUT2D eigenvalue weighted by molar-refractivity contribution is 6.01. The van der Waals surface area contributed by atoms with Gasteiger partial charge in [-0.3, -0.25) is 4.79 Å². The summed E-state index contributed by atoms with van der Waals surface area (Å²) >= 11 is 0. The monoisotopic (exact) mass is 473 g/mol. The van der Waals surface area contributed by atoms with Crippen molar-refractivity contribution in [2.75, 3.05) is 36.0 Å². The molecule has 180 valence electrons. The van der Waals surface area contributed by atoms with E-state index in [4.69, 9.17) is 0 Å². The van der Waals surface area contributed by atoms with Crippen molar-refractivity contribution in [3.63, 3.8) is 0 Å². The average Bonchev–Trinajstić information content (AvgIpc) is 3.36. The van der Waals surface area contributed by atoms with Gasteiger partial charge in [-0.2, -0.15) is 0 Å². The van der Waals surface area contributed by atoms with E-state index in [1.165, 1.54) is 18.2 Å². The molecule has 3 aliphatic rings. The van der Waals surface area contributed by atoms with Crippen LogP contribution in [0.1, 0.15) is 36.3 Å². The number of likely N-dealkylation sites (tertiary alicyclic amines) is 1. The van der Waals surface area contributed by atoms with Gasteiger partial charge in [0.05, 0.1) is 6.42 Å². The molecular formula is C29H29F2N3O. The van der Waals surface area contributed by atoms with Gasteiger partial charge >= 0.3 is 0 Å². The van der Waals surface area contributed by atoms with Crippen LogP contribution in [0.3, 0.4) is 0 Å². The quantitative estimate of drug-likeness (QED) is 0.433. The average molecular weight is 474 g/mol. The number of hydrogen-bond donors (Lipinski definition) is 0. The van der Waals surface area contributed by atoms with Gasteiger partial charge in [0.25, 0.3) is 0 Å². The Labute approximate surface area is 204 Å². The summed E-state index contributed by atoms with van der Waals surface area (Å²) < 4.78 is 27.8. The van der Waals surface area contributed by atoms with Crippen molar-refractivity contribution in [1.29, 1.82) is 0 Å². The Morgan fingerprint density at radius 2 is 1.63 bits per heavy atom. The van der Waals surface area contributed by atoms with Crippen LogP contribution in [0.15, 0.2) is 66.7 Å². The molecule has 0 unspecified atom stereocenters. The summed E-state index contributed by atoms with van der Waals surface area (Å²) in [4.78, 5) is 19.1. The smallest absolute Gasteiger partial charge is 0.231 e. The topological polar surface area (TPSA) is 26.8 Å². The molecule has 0 spiro atoms. The fourth-order valence-electron chi connectivity index (χ4n) is 6.14. The Morgan fingerprint density at radius 3 is 2.49 bits per heavy atom. The summed E-state index contributed by atoms with van der Waals surface area (Å²) in [6, 6.07) is 20.0. The molecule has 1 amide bonds. The van der Waals surface area contributed by atoms with Gasteiger partial charge in [0.2, 0.25) is 5.91 Å². The summed E-state index contributed by atoms with van der Waals surface area (Å²) in [7, 11) is 0. The molecular weight excluding hydrogens is 444 g/mol. The van der Waals surface area contributed by atoms with Gasteiger partial charge in [-0.15, -0.1) is 0 Å². The second-order valence-electron chi connectivity index (χ2n) is 9.87. The Kier molecular flexibility index (Phi) is 5.77. The molecule has 6 heteroatoms. The number of carbonyl (C=O) groups excluding carboxylic acids is 1. The molecule has 3 aliphatic heterocycles. The van der Waals surface area contributed by atoms with Crippen molar-refractivity contribution in [3.8, 4) is 0 Å². The lowest BCUT2D eigenvalue weighted by molar-refractivity contribution is -0.117. The number of amides is 1. The van der Waals surface area contributed by atoms with Gasteiger partial charge in [0.15, 0.2) is 0 Å². The van der Waals surface area contributed by atoms with Crippen LogP contribution in [0.5, 0.6) is 0 Å². The minimum Gasteiger partial charge on any atom is -0.337 e. The molecule has 0 aromatic heterocycles. The van der Waals surface area contributed by atoms with Crippen molar-refractivity contribution in [3.05, 3.63) is 89.5 Å². The van der Waals surface area contributed by atoms with Crippen LogP contribution in [0, 0.1) is 11.6 Å². The maximum absolute atomic E-state index is 14.2. The number of anilines is 3. The zero-order valence-corrected chi connectivity index (χ0v) is 19.7. The van der Waals surface area contributed by atoms with Crippen LogP contribution in [0.25, 0.3) is 0 Å². The van der Waals surface area contributed by atoms with Crippen LogP contribution < -0.4 is 9.80 Å². The lowest BCUT2D eigenvalue weighted by Gasteiger charge is -2.39. The number of piperidine rings is 1. The number of para-hydroxylation sites is 1. The first-order valence-electron chi connectivity index (χ1n) is 12.5. The van der Waals surface area contributed by atoms with Crippen LogP contribution in [-0.4, -0.2) is 43.0 Å². The lowest BCUT2D eigenvalue weighted by atomic mass is 9.89. The molecule has 3 aromatic rings. The largest absolute Gasteiger partial charge is 0.337 e. The predicted molar refractivity (Wildman–Crippen MR) is 134 cm³/mol. The van der Waals surface area contributed by atoms with Gasteiger partial charge in [-0.25, -0.2) is 8.78 Å².